The Hall–Kier alpha value is -1.93. The molecule has 5 N–H and O–H groups in total. The summed E-state index contributed by atoms with van der Waals surface area (Å²) in [5.41, 5.74) is 7.93. The Morgan fingerprint density at radius 2 is 1.97 bits per heavy atom. The molecule has 0 aromatic carbocycles. The van der Waals surface area contributed by atoms with Crippen LogP contribution in [0.2, 0.25) is 5.02 Å². The molecule has 2 fully saturated rings. The molecule has 0 amide bonds. The van der Waals surface area contributed by atoms with Crippen LogP contribution in [0.4, 0.5) is 11.6 Å². The summed E-state index contributed by atoms with van der Waals surface area (Å²) in [5, 5.41) is 11.2. The predicted octanol–water partition coefficient (Wildman–Crippen LogP) is 4.05. The van der Waals surface area contributed by atoms with Gasteiger partial charge >= 0.3 is 0 Å². The van der Waals surface area contributed by atoms with E-state index >= 15 is 0 Å². The van der Waals surface area contributed by atoms with Crippen molar-refractivity contribution < 1.29 is 4.74 Å². The first-order chi connectivity index (χ1) is 15.4. The molecule has 0 spiro atoms. The number of nitrogens with two attached hydrogens (primary N) is 1. The first kappa shape index (κ1) is 23.2. The van der Waals surface area contributed by atoms with Crippen LogP contribution in [-0.4, -0.2) is 53.4 Å². The molecule has 2 aromatic heterocycles. The number of halogens is 1. The number of hydrogen-bond donors (Lipinski definition) is 4. The lowest BCUT2D eigenvalue weighted by atomic mass is 9.91. The van der Waals surface area contributed by atoms with E-state index < -0.39 is 0 Å². The second-order valence-corrected chi connectivity index (χ2v) is 9.87. The van der Waals surface area contributed by atoms with Crippen molar-refractivity contribution >= 4 is 23.2 Å². The van der Waals surface area contributed by atoms with Crippen molar-refractivity contribution in [1.82, 2.24) is 15.3 Å². The minimum Gasteiger partial charge on any atom is -0.381 e. The lowest BCUT2D eigenvalue weighted by Crippen LogP contribution is -2.50. The number of hydrogen-bond acceptors (Lipinski definition) is 7. The van der Waals surface area contributed by atoms with Crippen LogP contribution in [0.1, 0.15) is 46.0 Å². The molecule has 32 heavy (non-hydrogen) atoms. The van der Waals surface area contributed by atoms with Crippen LogP contribution in [-0.2, 0) is 4.74 Å². The van der Waals surface area contributed by atoms with Gasteiger partial charge in [0.15, 0.2) is 0 Å². The molecule has 0 unspecified atom stereocenters. The third kappa shape index (κ3) is 6.10. The van der Waals surface area contributed by atoms with E-state index in [1.165, 1.54) is 6.42 Å². The molecule has 2 aromatic rings. The summed E-state index contributed by atoms with van der Waals surface area (Å²) in [6.07, 6.45) is 6.81. The predicted molar refractivity (Wildman–Crippen MR) is 131 cm³/mol. The quantitative estimate of drug-likeness (QED) is 0.473. The van der Waals surface area contributed by atoms with Crippen LogP contribution < -0.4 is 21.7 Å². The maximum absolute atomic E-state index is 6.51. The van der Waals surface area contributed by atoms with E-state index in [0.717, 1.165) is 48.6 Å². The third-order valence-electron chi connectivity index (χ3n) is 6.34. The highest BCUT2D eigenvalue weighted by Crippen LogP contribution is 2.30. The van der Waals surface area contributed by atoms with Crippen LogP contribution in [0.5, 0.6) is 0 Å². The summed E-state index contributed by atoms with van der Waals surface area (Å²) in [4.78, 5) is 9.30. The Morgan fingerprint density at radius 1 is 1.19 bits per heavy atom. The van der Waals surface area contributed by atoms with Crippen molar-refractivity contribution in [3.8, 4) is 11.3 Å². The van der Waals surface area contributed by atoms with E-state index in [4.69, 9.17) is 27.1 Å². The van der Waals surface area contributed by atoms with E-state index in [1.54, 1.807) is 6.20 Å². The molecule has 2 atom stereocenters. The van der Waals surface area contributed by atoms with Gasteiger partial charge in [-0.3, -0.25) is 0 Å². The van der Waals surface area contributed by atoms with Gasteiger partial charge in [0.2, 0.25) is 0 Å². The maximum Gasteiger partial charge on any atom is 0.126 e. The number of nitrogens with zero attached hydrogens (tertiary/aromatic N) is 2. The highest BCUT2D eigenvalue weighted by atomic mass is 35.5. The molecular weight excluding hydrogens is 424 g/mol. The number of anilines is 2. The second kappa shape index (κ2) is 10.3. The first-order valence-electron chi connectivity index (χ1n) is 11.7. The molecule has 4 rings (SSSR count). The van der Waals surface area contributed by atoms with E-state index in [2.05, 4.69) is 34.8 Å². The van der Waals surface area contributed by atoms with Crippen LogP contribution in [0.15, 0.2) is 30.5 Å². The summed E-state index contributed by atoms with van der Waals surface area (Å²) < 4.78 is 5.43. The fourth-order valence-corrected chi connectivity index (χ4v) is 4.76. The minimum absolute atomic E-state index is 0.259. The van der Waals surface area contributed by atoms with Gasteiger partial charge in [0.05, 0.1) is 10.7 Å². The fraction of sp³-hybridized carbons (Fsp3) is 0.583. The van der Waals surface area contributed by atoms with E-state index in [9.17, 15) is 0 Å². The molecule has 0 radical (unpaired) electrons. The van der Waals surface area contributed by atoms with Gasteiger partial charge in [-0.1, -0.05) is 31.5 Å². The van der Waals surface area contributed by atoms with Gasteiger partial charge in [-0.05, 0) is 50.3 Å². The number of rotatable bonds is 8. The van der Waals surface area contributed by atoms with Crippen LogP contribution in [0, 0.1) is 0 Å². The topological polar surface area (TPSA) is 97.1 Å². The lowest BCUT2D eigenvalue weighted by molar-refractivity contribution is 0.0574. The zero-order valence-corrected chi connectivity index (χ0v) is 19.8. The fourth-order valence-electron chi connectivity index (χ4n) is 4.56. The maximum atomic E-state index is 6.51. The number of nitrogens with one attached hydrogen (secondary N) is 3. The molecule has 1 saturated heterocycles. The highest BCUT2D eigenvalue weighted by Gasteiger charge is 2.28. The zero-order chi connectivity index (χ0) is 22.6. The van der Waals surface area contributed by atoms with E-state index in [0.29, 0.717) is 42.9 Å². The summed E-state index contributed by atoms with van der Waals surface area (Å²) in [7, 11) is 0. The van der Waals surface area contributed by atoms with Crippen molar-refractivity contribution in [3.05, 3.63) is 35.5 Å². The summed E-state index contributed by atoms with van der Waals surface area (Å²) in [6.45, 7) is 6.48. The van der Waals surface area contributed by atoms with E-state index in [1.807, 2.05) is 24.3 Å². The molecule has 8 heteroatoms. The number of ether oxygens (including phenoxy) is 1. The minimum atomic E-state index is -0.259. The average molecular weight is 459 g/mol. The van der Waals surface area contributed by atoms with Gasteiger partial charge in [-0.2, -0.15) is 0 Å². The zero-order valence-electron chi connectivity index (χ0n) is 19.0. The van der Waals surface area contributed by atoms with Crippen molar-refractivity contribution in [1.29, 1.82) is 0 Å². The summed E-state index contributed by atoms with van der Waals surface area (Å²) >= 11 is 6.51. The Balaban J connectivity index is 1.42. The molecule has 7 nitrogen and oxygen atoms in total. The van der Waals surface area contributed by atoms with Gasteiger partial charge in [0.1, 0.15) is 11.6 Å². The molecule has 0 bridgehead atoms. The average Bonchev–Trinajstić information content (AvgIpc) is 3.20. The van der Waals surface area contributed by atoms with Crippen molar-refractivity contribution in [2.75, 3.05) is 30.4 Å². The molecule has 2 aliphatic rings. The summed E-state index contributed by atoms with van der Waals surface area (Å²) in [5.74, 6) is 1.63. The Labute approximate surface area is 195 Å². The molecule has 1 aliphatic heterocycles. The van der Waals surface area contributed by atoms with Gasteiger partial charge in [0.25, 0.3) is 0 Å². The summed E-state index contributed by atoms with van der Waals surface area (Å²) in [6, 6.07) is 9.40. The second-order valence-electron chi connectivity index (χ2n) is 9.46. The Kier molecular flexibility index (Phi) is 7.51. The van der Waals surface area contributed by atoms with Gasteiger partial charge in [-0.25, -0.2) is 9.97 Å². The van der Waals surface area contributed by atoms with Gasteiger partial charge in [-0.15, -0.1) is 0 Å². The van der Waals surface area contributed by atoms with Gasteiger partial charge in [0, 0.05) is 55.2 Å². The number of aromatic nitrogens is 2. The van der Waals surface area contributed by atoms with Crippen LogP contribution >= 0.6 is 11.6 Å². The normalized spacial score (nSPS) is 22.8. The smallest absolute Gasteiger partial charge is 0.126 e. The SMILES string of the molecule is CC(C)N[C@@H]1CC[C@@H](Nc2cc(-c3cccc(NCC4(N)CCOCC4)n3)c(Cl)cn2)C1. The molecule has 1 saturated carbocycles. The largest absolute Gasteiger partial charge is 0.381 e. The molecule has 1 aliphatic carbocycles. The van der Waals surface area contributed by atoms with Crippen molar-refractivity contribution in [3.63, 3.8) is 0 Å². The number of pyridine rings is 2. The molecule has 174 valence electrons. The Morgan fingerprint density at radius 3 is 2.75 bits per heavy atom. The highest BCUT2D eigenvalue weighted by molar-refractivity contribution is 6.33. The third-order valence-corrected chi connectivity index (χ3v) is 6.65. The molecular formula is C24H35ClN6O. The van der Waals surface area contributed by atoms with Gasteiger partial charge < -0.3 is 26.4 Å². The van der Waals surface area contributed by atoms with Crippen LogP contribution in [0.25, 0.3) is 11.3 Å². The Bertz CT molecular complexity index is 902. The lowest BCUT2D eigenvalue weighted by Gasteiger charge is -2.33. The monoisotopic (exact) mass is 458 g/mol. The van der Waals surface area contributed by atoms with Crippen molar-refractivity contribution in [2.24, 2.45) is 5.73 Å². The van der Waals surface area contributed by atoms with Crippen LogP contribution in [0.3, 0.4) is 0 Å². The first-order valence-corrected chi connectivity index (χ1v) is 12.0. The standard InChI is InChI=1S/C24H35ClN6O/c1-16(2)29-17-6-7-18(12-17)30-23-13-19(20(25)14-27-23)21-4-3-5-22(31-21)28-15-24(26)8-10-32-11-9-24/h3-5,13-14,16-18,29H,6-12,15,26H2,1-2H3,(H,27,30)(H,28,31)/t17-,18-/m1/s1. The molecule has 3 heterocycles. The van der Waals surface area contributed by atoms with E-state index in [-0.39, 0.29) is 5.54 Å². The van der Waals surface area contributed by atoms with Crippen molar-refractivity contribution in [2.45, 2.75) is 69.6 Å².